The number of aromatic nitrogens is 4. The van der Waals surface area contributed by atoms with E-state index in [-0.39, 0.29) is 5.91 Å². The van der Waals surface area contributed by atoms with Gasteiger partial charge in [0, 0.05) is 33.2 Å². The van der Waals surface area contributed by atoms with Crippen molar-refractivity contribution in [3.8, 4) is 5.75 Å². The number of rotatable bonds is 7. The van der Waals surface area contributed by atoms with Crippen LogP contribution in [0.4, 0.5) is 5.82 Å². The third-order valence-electron chi connectivity index (χ3n) is 4.98. The number of piperazine rings is 1. The Morgan fingerprint density at radius 2 is 1.93 bits per heavy atom. The van der Waals surface area contributed by atoms with Gasteiger partial charge in [0.25, 0.3) is 0 Å². The van der Waals surface area contributed by atoms with E-state index in [0.29, 0.717) is 19.7 Å². The Kier molecular flexibility index (Phi) is 5.85. The number of para-hydroxylation sites is 1. The highest BCUT2D eigenvalue weighted by atomic mass is 16.5. The molecule has 1 aromatic carbocycles. The lowest BCUT2D eigenvalue weighted by molar-refractivity contribution is -0.122. The van der Waals surface area contributed by atoms with Crippen molar-refractivity contribution in [2.45, 2.75) is 0 Å². The second-order valence-electron chi connectivity index (χ2n) is 6.98. The number of amides is 1. The molecule has 2 aromatic heterocycles. The number of carbonyl (C=O) groups excluding carboxylic acids is 1. The van der Waals surface area contributed by atoms with Crippen molar-refractivity contribution in [3.63, 3.8) is 0 Å². The summed E-state index contributed by atoms with van der Waals surface area (Å²) in [6.07, 6.45) is 3.39. The van der Waals surface area contributed by atoms with E-state index in [1.54, 1.807) is 11.0 Å². The molecule has 0 spiro atoms. The minimum Gasteiger partial charge on any atom is -0.492 e. The third-order valence-corrected chi connectivity index (χ3v) is 4.98. The maximum Gasteiger partial charge on any atom is 0.234 e. The molecule has 152 valence electrons. The first kappa shape index (κ1) is 19.1. The van der Waals surface area contributed by atoms with E-state index in [4.69, 9.17) is 4.74 Å². The van der Waals surface area contributed by atoms with Crippen molar-refractivity contribution in [1.29, 1.82) is 0 Å². The van der Waals surface area contributed by atoms with Crippen molar-refractivity contribution < 1.29 is 9.53 Å². The Balaban J connectivity index is 1.21. The normalized spacial score (nSPS) is 14.9. The van der Waals surface area contributed by atoms with Gasteiger partial charge in [-0.25, -0.2) is 9.97 Å². The number of fused-ring (bicyclic) bond motifs is 1. The van der Waals surface area contributed by atoms with Gasteiger partial charge in [0.15, 0.2) is 5.65 Å². The van der Waals surface area contributed by atoms with Gasteiger partial charge in [-0.3, -0.25) is 14.4 Å². The van der Waals surface area contributed by atoms with Crippen LogP contribution >= 0.6 is 0 Å². The van der Waals surface area contributed by atoms with Gasteiger partial charge < -0.3 is 15.0 Å². The molecule has 0 saturated carbocycles. The van der Waals surface area contributed by atoms with Crippen molar-refractivity contribution in [3.05, 3.63) is 42.9 Å². The summed E-state index contributed by atoms with van der Waals surface area (Å²) in [5, 5.41) is 8.15. The molecule has 0 atom stereocenters. The lowest BCUT2D eigenvalue weighted by atomic mass is 10.2. The summed E-state index contributed by atoms with van der Waals surface area (Å²) in [6.45, 7) is 4.58. The van der Waals surface area contributed by atoms with E-state index in [0.717, 1.165) is 48.8 Å². The maximum absolute atomic E-state index is 12.2. The fourth-order valence-electron chi connectivity index (χ4n) is 3.45. The monoisotopic (exact) mass is 395 g/mol. The Bertz CT molecular complexity index is 952. The molecule has 9 nitrogen and oxygen atoms in total. The van der Waals surface area contributed by atoms with E-state index < -0.39 is 0 Å². The summed E-state index contributed by atoms with van der Waals surface area (Å²) >= 11 is 0. The largest absolute Gasteiger partial charge is 0.492 e. The van der Waals surface area contributed by atoms with E-state index in [9.17, 15) is 4.79 Å². The van der Waals surface area contributed by atoms with Gasteiger partial charge in [-0.2, -0.15) is 5.10 Å². The Morgan fingerprint density at radius 3 is 2.72 bits per heavy atom. The average molecular weight is 395 g/mol. The van der Waals surface area contributed by atoms with Gasteiger partial charge in [-0.1, -0.05) is 18.2 Å². The quantitative estimate of drug-likeness (QED) is 0.589. The lowest BCUT2D eigenvalue weighted by Gasteiger charge is -2.35. The molecule has 1 fully saturated rings. The van der Waals surface area contributed by atoms with Crippen LogP contribution in [0.5, 0.6) is 5.75 Å². The lowest BCUT2D eigenvalue weighted by Crippen LogP contribution is -2.50. The zero-order chi connectivity index (χ0) is 20.1. The van der Waals surface area contributed by atoms with Gasteiger partial charge in [0.2, 0.25) is 5.91 Å². The van der Waals surface area contributed by atoms with Gasteiger partial charge in [-0.15, -0.1) is 0 Å². The molecular formula is C20H25N7O2. The minimum atomic E-state index is 0.0202. The van der Waals surface area contributed by atoms with Crippen molar-refractivity contribution >= 4 is 22.8 Å². The van der Waals surface area contributed by atoms with Crippen LogP contribution in [0.15, 0.2) is 42.9 Å². The molecule has 1 aliphatic rings. The molecule has 9 heteroatoms. The number of nitrogens with zero attached hydrogens (tertiary/aromatic N) is 6. The van der Waals surface area contributed by atoms with Gasteiger partial charge >= 0.3 is 0 Å². The van der Waals surface area contributed by atoms with E-state index in [2.05, 4.69) is 30.2 Å². The second kappa shape index (κ2) is 8.87. The number of hydrogen-bond donors (Lipinski definition) is 1. The van der Waals surface area contributed by atoms with E-state index in [1.807, 2.05) is 43.6 Å². The number of hydrogen-bond acceptors (Lipinski definition) is 7. The molecule has 0 unspecified atom stereocenters. The molecule has 0 bridgehead atoms. The molecule has 3 heterocycles. The fourth-order valence-corrected chi connectivity index (χ4v) is 3.45. The number of anilines is 1. The highest BCUT2D eigenvalue weighted by molar-refractivity contribution is 5.86. The molecule has 4 rings (SSSR count). The van der Waals surface area contributed by atoms with Gasteiger partial charge in [0.05, 0.1) is 24.7 Å². The van der Waals surface area contributed by atoms with Crippen LogP contribution in [0, 0.1) is 0 Å². The van der Waals surface area contributed by atoms with Crippen LogP contribution in [-0.2, 0) is 11.8 Å². The fraction of sp³-hybridized carbons (Fsp3) is 0.400. The molecule has 1 saturated heterocycles. The predicted molar refractivity (Wildman–Crippen MR) is 110 cm³/mol. The van der Waals surface area contributed by atoms with E-state index in [1.165, 1.54) is 0 Å². The molecule has 0 radical (unpaired) electrons. The first-order valence-electron chi connectivity index (χ1n) is 9.75. The van der Waals surface area contributed by atoms with Crippen LogP contribution in [0.3, 0.4) is 0 Å². The molecule has 29 heavy (non-hydrogen) atoms. The number of carbonyl (C=O) groups is 1. The number of aryl methyl sites for hydroxylation is 1. The standard InChI is InChI=1S/C20H25N7O2/c1-25-19-17(13-24-25)20(23-15-22-19)27-10-8-26(9-11-27)14-18(28)21-7-12-29-16-5-3-2-4-6-16/h2-6,13,15H,7-12,14H2,1H3,(H,21,28). The number of ether oxygens (including phenoxy) is 1. The number of benzene rings is 1. The molecule has 0 aliphatic carbocycles. The van der Waals surface area contributed by atoms with E-state index >= 15 is 0 Å². The SMILES string of the molecule is Cn1ncc2c(N3CCN(CC(=O)NCCOc4ccccc4)CC3)ncnc21. The third kappa shape index (κ3) is 4.62. The van der Waals surface area contributed by atoms with Crippen molar-refractivity contribution in [2.24, 2.45) is 7.05 Å². The van der Waals surface area contributed by atoms with Gasteiger partial charge in [-0.05, 0) is 12.1 Å². The number of nitrogens with one attached hydrogen (secondary N) is 1. The maximum atomic E-state index is 12.2. The highest BCUT2D eigenvalue weighted by Gasteiger charge is 2.22. The summed E-state index contributed by atoms with van der Waals surface area (Å²) in [4.78, 5) is 25.3. The minimum absolute atomic E-state index is 0.0202. The van der Waals surface area contributed by atoms with Crippen molar-refractivity contribution in [2.75, 3.05) is 50.8 Å². The topological polar surface area (TPSA) is 88.4 Å². The Morgan fingerprint density at radius 1 is 1.14 bits per heavy atom. The van der Waals surface area contributed by atoms with Gasteiger partial charge in [0.1, 0.15) is 24.5 Å². The first-order chi connectivity index (χ1) is 14.2. The first-order valence-corrected chi connectivity index (χ1v) is 9.75. The molecule has 3 aromatic rings. The second-order valence-corrected chi connectivity index (χ2v) is 6.98. The smallest absolute Gasteiger partial charge is 0.234 e. The molecule has 1 amide bonds. The summed E-state index contributed by atoms with van der Waals surface area (Å²) in [5.74, 6) is 1.74. The van der Waals surface area contributed by atoms with Crippen LogP contribution in [0.2, 0.25) is 0 Å². The average Bonchev–Trinajstić information content (AvgIpc) is 3.14. The highest BCUT2D eigenvalue weighted by Crippen LogP contribution is 2.23. The van der Waals surface area contributed by atoms with Crippen molar-refractivity contribution in [1.82, 2.24) is 30.0 Å². The Hall–Kier alpha value is -3.20. The Labute approximate surface area is 169 Å². The zero-order valence-corrected chi connectivity index (χ0v) is 16.5. The molecule has 1 N–H and O–H groups in total. The van der Waals surface area contributed by atoms with Crippen LogP contribution in [0.25, 0.3) is 11.0 Å². The van der Waals surface area contributed by atoms with Crippen LogP contribution in [-0.4, -0.2) is 76.4 Å². The van der Waals surface area contributed by atoms with Crippen LogP contribution in [0.1, 0.15) is 0 Å². The molecular weight excluding hydrogens is 370 g/mol. The zero-order valence-electron chi connectivity index (χ0n) is 16.5. The summed E-state index contributed by atoms with van der Waals surface area (Å²) in [7, 11) is 1.88. The predicted octanol–water partition coefficient (Wildman–Crippen LogP) is 0.681. The summed E-state index contributed by atoms with van der Waals surface area (Å²) in [5.41, 5.74) is 0.828. The summed E-state index contributed by atoms with van der Waals surface area (Å²) in [6, 6.07) is 9.59. The summed E-state index contributed by atoms with van der Waals surface area (Å²) < 4.78 is 7.35. The molecule has 1 aliphatic heterocycles. The van der Waals surface area contributed by atoms with Crippen LogP contribution < -0.4 is 15.0 Å².